The summed E-state index contributed by atoms with van der Waals surface area (Å²) in [4.78, 5) is 10.6. The molecule has 1 aromatic carbocycles. The number of halogens is 1. The third kappa shape index (κ3) is 6.17. The highest BCUT2D eigenvalue weighted by atomic mass is 19.1. The molecule has 1 amide bonds. The fraction of sp³-hybridized carbons (Fsp3) is 0.462. The molecule has 0 saturated carbocycles. The number of carbonyl (C=O) groups excluding carboxylic acids is 1. The molecule has 0 saturated heterocycles. The number of hydrogen-bond donors (Lipinski definition) is 2. The van der Waals surface area contributed by atoms with Crippen LogP contribution >= 0.6 is 0 Å². The molecule has 5 nitrogen and oxygen atoms in total. The van der Waals surface area contributed by atoms with E-state index in [1.54, 1.807) is 13.2 Å². The topological polar surface area (TPSA) is 73.6 Å². The maximum atomic E-state index is 13.2. The second kappa shape index (κ2) is 8.44. The molecule has 19 heavy (non-hydrogen) atoms. The Morgan fingerprint density at radius 3 is 2.89 bits per heavy atom. The first-order chi connectivity index (χ1) is 9.13. The van der Waals surface area contributed by atoms with Crippen LogP contribution in [0.1, 0.15) is 12.0 Å². The Morgan fingerprint density at radius 1 is 1.42 bits per heavy atom. The van der Waals surface area contributed by atoms with Crippen LogP contribution in [0.4, 0.5) is 4.39 Å². The molecule has 0 heterocycles. The molecule has 0 aliphatic carbocycles. The number of ether oxygens (including phenoxy) is 2. The maximum absolute atomic E-state index is 13.2. The number of nitrogens with one attached hydrogen (secondary N) is 1. The van der Waals surface area contributed by atoms with Gasteiger partial charge < -0.3 is 20.5 Å². The number of hydrogen-bond acceptors (Lipinski definition) is 4. The number of carbonyl (C=O) groups is 1. The summed E-state index contributed by atoms with van der Waals surface area (Å²) in [6.07, 6.45) is 0.133. The molecule has 106 valence electrons. The van der Waals surface area contributed by atoms with E-state index in [1.165, 1.54) is 12.1 Å². The molecule has 1 rings (SSSR count). The minimum Gasteiger partial charge on any atom is -0.493 e. The van der Waals surface area contributed by atoms with Crippen LogP contribution in [0.3, 0.4) is 0 Å². The van der Waals surface area contributed by atoms with Crippen molar-refractivity contribution < 1.29 is 18.7 Å². The SMILES string of the molecule is COCCNCc1cc(F)ccc1OCCC(N)=O. The highest BCUT2D eigenvalue weighted by molar-refractivity contribution is 5.73. The van der Waals surface area contributed by atoms with E-state index in [2.05, 4.69) is 5.32 Å². The summed E-state index contributed by atoms with van der Waals surface area (Å²) >= 11 is 0. The monoisotopic (exact) mass is 270 g/mol. The molecule has 0 aromatic heterocycles. The average Bonchev–Trinajstić information content (AvgIpc) is 2.36. The van der Waals surface area contributed by atoms with Crippen molar-refractivity contribution in [2.24, 2.45) is 5.73 Å². The highest BCUT2D eigenvalue weighted by Gasteiger charge is 2.06. The van der Waals surface area contributed by atoms with Gasteiger partial charge in [-0.15, -0.1) is 0 Å². The fourth-order valence-corrected chi connectivity index (χ4v) is 1.49. The van der Waals surface area contributed by atoms with E-state index in [0.717, 1.165) is 0 Å². The predicted molar refractivity (Wildman–Crippen MR) is 69.3 cm³/mol. The molecule has 0 aliphatic heterocycles. The van der Waals surface area contributed by atoms with Crippen molar-refractivity contribution in [2.45, 2.75) is 13.0 Å². The van der Waals surface area contributed by atoms with Gasteiger partial charge in [-0.25, -0.2) is 4.39 Å². The summed E-state index contributed by atoms with van der Waals surface area (Å²) < 4.78 is 23.5. The third-order valence-electron chi connectivity index (χ3n) is 2.43. The van der Waals surface area contributed by atoms with Gasteiger partial charge in [0.15, 0.2) is 0 Å². The van der Waals surface area contributed by atoms with Crippen molar-refractivity contribution in [1.29, 1.82) is 0 Å². The van der Waals surface area contributed by atoms with Gasteiger partial charge in [-0.2, -0.15) is 0 Å². The van der Waals surface area contributed by atoms with Crippen molar-refractivity contribution in [3.8, 4) is 5.75 Å². The molecular weight excluding hydrogens is 251 g/mol. The minimum absolute atomic E-state index is 0.133. The summed E-state index contributed by atoms with van der Waals surface area (Å²) in [6, 6.07) is 4.27. The Hall–Kier alpha value is -1.66. The number of benzene rings is 1. The second-order valence-electron chi connectivity index (χ2n) is 3.99. The molecule has 0 bridgehead atoms. The summed E-state index contributed by atoms with van der Waals surface area (Å²) in [5, 5.41) is 3.11. The van der Waals surface area contributed by atoms with Crippen LogP contribution in [-0.2, 0) is 16.1 Å². The van der Waals surface area contributed by atoms with E-state index in [9.17, 15) is 9.18 Å². The first-order valence-electron chi connectivity index (χ1n) is 6.02. The van der Waals surface area contributed by atoms with Gasteiger partial charge in [-0.3, -0.25) is 4.79 Å². The van der Waals surface area contributed by atoms with Gasteiger partial charge in [0.2, 0.25) is 5.91 Å². The quantitative estimate of drug-likeness (QED) is 0.651. The van der Waals surface area contributed by atoms with Crippen LogP contribution in [0, 0.1) is 5.82 Å². The predicted octanol–water partition coefficient (Wildman–Crippen LogP) is 0.816. The van der Waals surface area contributed by atoms with E-state index in [1.807, 2.05) is 0 Å². The number of primary amides is 1. The number of nitrogens with two attached hydrogens (primary N) is 1. The van der Waals surface area contributed by atoms with Gasteiger partial charge >= 0.3 is 0 Å². The molecule has 0 atom stereocenters. The van der Waals surface area contributed by atoms with Crippen LogP contribution in [-0.4, -0.2) is 32.8 Å². The molecular formula is C13H19FN2O3. The van der Waals surface area contributed by atoms with Crippen molar-refractivity contribution in [3.63, 3.8) is 0 Å². The highest BCUT2D eigenvalue weighted by Crippen LogP contribution is 2.19. The zero-order valence-corrected chi connectivity index (χ0v) is 10.9. The van der Waals surface area contributed by atoms with E-state index in [-0.39, 0.29) is 18.8 Å². The van der Waals surface area contributed by atoms with Crippen LogP contribution in [0.5, 0.6) is 5.75 Å². The van der Waals surface area contributed by atoms with Gasteiger partial charge in [0.05, 0.1) is 19.6 Å². The number of rotatable bonds is 9. The Morgan fingerprint density at radius 2 is 2.21 bits per heavy atom. The number of amides is 1. The van der Waals surface area contributed by atoms with Crippen molar-refractivity contribution in [2.75, 3.05) is 26.9 Å². The molecule has 1 aromatic rings. The molecule has 6 heteroatoms. The minimum atomic E-state index is -0.429. The van der Waals surface area contributed by atoms with Gasteiger partial charge in [0, 0.05) is 25.8 Å². The summed E-state index contributed by atoms with van der Waals surface area (Å²) in [5.74, 6) is -0.208. The normalized spacial score (nSPS) is 10.4. The Bertz CT molecular complexity index is 413. The van der Waals surface area contributed by atoms with E-state index >= 15 is 0 Å². The Balaban J connectivity index is 2.55. The molecule has 0 aliphatic rings. The lowest BCUT2D eigenvalue weighted by molar-refractivity contribution is -0.118. The average molecular weight is 270 g/mol. The van der Waals surface area contributed by atoms with Crippen LogP contribution in [0.2, 0.25) is 0 Å². The lowest BCUT2D eigenvalue weighted by Crippen LogP contribution is -2.19. The second-order valence-corrected chi connectivity index (χ2v) is 3.99. The lowest BCUT2D eigenvalue weighted by Gasteiger charge is -2.12. The first-order valence-corrected chi connectivity index (χ1v) is 6.02. The van der Waals surface area contributed by atoms with E-state index < -0.39 is 5.91 Å². The van der Waals surface area contributed by atoms with E-state index in [0.29, 0.717) is 31.0 Å². The molecule has 0 fully saturated rings. The van der Waals surface area contributed by atoms with Gasteiger partial charge in [0.1, 0.15) is 11.6 Å². The summed E-state index contributed by atoms with van der Waals surface area (Å²) in [7, 11) is 1.61. The molecule has 3 N–H and O–H groups in total. The molecule has 0 unspecified atom stereocenters. The third-order valence-corrected chi connectivity index (χ3v) is 2.43. The van der Waals surface area contributed by atoms with Crippen LogP contribution < -0.4 is 15.8 Å². The van der Waals surface area contributed by atoms with Gasteiger partial charge in [-0.05, 0) is 18.2 Å². The van der Waals surface area contributed by atoms with Crippen molar-refractivity contribution in [3.05, 3.63) is 29.6 Å². The first kappa shape index (κ1) is 15.4. The largest absolute Gasteiger partial charge is 0.493 e. The Labute approximate surface area is 111 Å². The van der Waals surface area contributed by atoms with E-state index in [4.69, 9.17) is 15.2 Å². The summed E-state index contributed by atoms with van der Waals surface area (Å²) in [6.45, 7) is 1.89. The van der Waals surface area contributed by atoms with Crippen LogP contribution in [0.25, 0.3) is 0 Å². The Kier molecular flexibility index (Phi) is 6.84. The lowest BCUT2D eigenvalue weighted by atomic mass is 10.2. The fourth-order valence-electron chi connectivity index (χ4n) is 1.49. The smallest absolute Gasteiger partial charge is 0.220 e. The van der Waals surface area contributed by atoms with Gasteiger partial charge in [-0.1, -0.05) is 0 Å². The van der Waals surface area contributed by atoms with Crippen molar-refractivity contribution in [1.82, 2.24) is 5.32 Å². The van der Waals surface area contributed by atoms with Gasteiger partial charge in [0.25, 0.3) is 0 Å². The number of methoxy groups -OCH3 is 1. The summed E-state index contributed by atoms with van der Waals surface area (Å²) in [5.41, 5.74) is 5.72. The van der Waals surface area contributed by atoms with Crippen LogP contribution in [0.15, 0.2) is 18.2 Å². The molecule has 0 radical (unpaired) electrons. The van der Waals surface area contributed by atoms with Crippen molar-refractivity contribution >= 4 is 5.91 Å². The zero-order valence-electron chi connectivity index (χ0n) is 10.9. The zero-order chi connectivity index (χ0) is 14.1. The maximum Gasteiger partial charge on any atom is 0.220 e. The standard InChI is InChI=1S/C13H19FN2O3/c1-18-7-5-16-9-10-8-11(14)2-3-12(10)19-6-4-13(15)17/h2-3,8,16H,4-7,9H2,1H3,(H2,15,17). The molecule has 0 spiro atoms.